The summed E-state index contributed by atoms with van der Waals surface area (Å²) in [6.45, 7) is 2.07. The van der Waals surface area contributed by atoms with Crippen molar-refractivity contribution in [3.8, 4) is 0 Å². The number of thioether (sulfide) groups is 1. The number of primary amides is 1. The number of carboxylic acids is 1. The van der Waals surface area contributed by atoms with Crippen molar-refractivity contribution in [1.82, 2.24) is 29.3 Å². The van der Waals surface area contributed by atoms with Gasteiger partial charge in [0.2, 0.25) is 16.4 Å². The van der Waals surface area contributed by atoms with Gasteiger partial charge in [0.15, 0.2) is 5.13 Å². The molecule has 210 valence electrons. The number of thiazole rings is 1. The van der Waals surface area contributed by atoms with Crippen LogP contribution >= 0.6 is 34.6 Å². The van der Waals surface area contributed by atoms with E-state index in [9.17, 15) is 24.3 Å². The first-order valence-corrected chi connectivity index (χ1v) is 14.4. The van der Waals surface area contributed by atoms with Crippen LogP contribution in [0.25, 0.3) is 4.83 Å². The number of nitrogens with two attached hydrogens (primary N) is 2. The van der Waals surface area contributed by atoms with Crippen LogP contribution in [0, 0.1) is 0 Å². The fourth-order valence-electron chi connectivity index (χ4n) is 4.29. The zero-order chi connectivity index (χ0) is 28.6. The molecule has 5 heterocycles. The highest BCUT2D eigenvalue weighted by atomic mass is 32.2. The normalized spacial score (nSPS) is 18.9. The van der Waals surface area contributed by atoms with Gasteiger partial charge in [-0.2, -0.15) is 13.8 Å². The highest BCUT2D eigenvalue weighted by Gasteiger charge is 2.53. The van der Waals surface area contributed by atoms with Gasteiger partial charge in [-0.3, -0.25) is 14.5 Å². The number of β-lactam (4-membered cyclic amide) rings is 1. The minimum Gasteiger partial charge on any atom is -0.543 e. The molecule has 6 N–H and O–H groups in total. The van der Waals surface area contributed by atoms with Gasteiger partial charge in [-0.05, 0) is 6.92 Å². The summed E-state index contributed by atoms with van der Waals surface area (Å²) in [5, 5.41) is 22.4. The number of aliphatic carboxylic acids is 1. The van der Waals surface area contributed by atoms with E-state index in [0.29, 0.717) is 11.4 Å². The third kappa shape index (κ3) is 5.05. The van der Waals surface area contributed by atoms with Crippen LogP contribution in [0.1, 0.15) is 18.6 Å². The number of amides is 4. The Balaban J connectivity index is 1.37. The first-order valence-electron chi connectivity index (χ1n) is 11.7. The lowest BCUT2D eigenvalue weighted by atomic mass is 10.0. The molecule has 16 nitrogen and oxygen atoms in total. The fraction of sp³-hybridized carbons (Fsp3) is 0.333. The Morgan fingerprint density at radius 1 is 1.38 bits per heavy atom. The molecule has 2 atom stereocenters. The summed E-state index contributed by atoms with van der Waals surface area (Å²) in [5.74, 6) is -2.07. The average Bonchev–Trinajstić information content (AvgIpc) is 3.62. The van der Waals surface area contributed by atoms with Crippen molar-refractivity contribution in [2.75, 3.05) is 18.1 Å². The van der Waals surface area contributed by atoms with E-state index < -0.39 is 35.2 Å². The Labute approximate surface area is 237 Å². The molecule has 0 saturated carbocycles. The summed E-state index contributed by atoms with van der Waals surface area (Å²) in [6, 6.07) is -1.73. The number of fused-ring (bicyclic) bond motifs is 2. The lowest BCUT2D eigenvalue weighted by Gasteiger charge is -2.50. The molecule has 4 amide bonds. The molecule has 0 radical (unpaired) electrons. The monoisotopic (exact) mass is 606 g/mol. The van der Waals surface area contributed by atoms with Crippen LogP contribution in [-0.4, -0.2) is 72.0 Å². The number of nitrogen functional groups attached to an aromatic ring is 1. The molecule has 0 unspecified atom stereocenters. The van der Waals surface area contributed by atoms with Crippen molar-refractivity contribution in [2.24, 2.45) is 10.9 Å². The van der Waals surface area contributed by atoms with Crippen LogP contribution in [0.3, 0.4) is 0 Å². The summed E-state index contributed by atoms with van der Waals surface area (Å²) >= 11 is 3.62. The Hall–Kier alpha value is -4.23. The molecular formula is C21H22N10O6S3. The van der Waals surface area contributed by atoms with E-state index in [1.807, 2.05) is 22.2 Å². The molecule has 1 saturated heterocycles. The standard InChI is InChI=1S/C21H22N10O6S3/c1-2-37-27-12(15-26-21(23)40-28-15)16(32)25-13-17(33)31-14(19(34)35)9(8-39-18(13)31)6-29-7-11-30(3-4-38-11)10(29)5-24-20(22)36/h3-4,7,13,18H,2,5-6,8H2,1H3,(H6-,22,23,24,25,26,28,32,34,35,36)/b27-12-/t13-,18-/m1/s1. The van der Waals surface area contributed by atoms with Crippen LogP contribution in [0.2, 0.25) is 0 Å². The van der Waals surface area contributed by atoms with Crippen molar-refractivity contribution in [3.63, 3.8) is 0 Å². The van der Waals surface area contributed by atoms with Gasteiger partial charge in [-0.1, -0.05) is 16.5 Å². The maximum atomic E-state index is 13.1. The Bertz CT molecular complexity index is 1580. The van der Waals surface area contributed by atoms with Crippen molar-refractivity contribution in [3.05, 3.63) is 40.7 Å². The zero-order valence-electron chi connectivity index (χ0n) is 20.7. The number of hydrogen-bond donors (Lipinski definition) is 4. The lowest BCUT2D eigenvalue weighted by molar-refractivity contribution is -0.695. The predicted molar refractivity (Wildman–Crippen MR) is 141 cm³/mol. The summed E-state index contributed by atoms with van der Waals surface area (Å²) in [6.07, 6.45) is 3.64. The van der Waals surface area contributed by atoms with Gasteiger partial charge in [0, 0.05) is 28.2 Å². The van der Waals surface area contributed by atoms with Crippen LogP contribution in [0.15, 0.2) is 34.2 Å². The van der Waals surface area contributed by atoms with E-state index in [0.717, 1.165) is 21.3 Å². The van der Waals surface area contributed by atoms with Crippen LogP contribution in [0.5, 0.6) is 0 Å². The topological polar surface area (TPSA) is 226 Å². The lowest BCUT2D eigenvalue weighted by Crippen LogP contribution is -2.71. The minimum absolute atomic E-state index is 0.0582. The number of nitrogens with one attached hydrogen (secondary N) is 2. The van der Waals surface area contributed by atoms with E-state index in [2.05, 4.69) is 25.1 Å². The third-order valence-electron chi connectivity index (χ3n) is 5.97. The first-order chi connectivity index (χ1) is 19.2. The van der Waals surface area contributed by atoms with Crippen molar-refractivity contribution in [2.45, 2.75) is 31.4 Å². The number of urea groups is 1. The number of carboxylic acid groups (broad SMARTS) is 1. The van der Waals surface area contributed by atoms with Crippen molar-refractivity contribution < 1.29 is 33.7 Å². The number of hydrogen-bond acceptors (Lipinski definition) is 13. The van der Waals surface area contributed by atoms with Crippen LogP contribution < -0.4 is 31.8 Å². The van der Waals surface area contributed by atoms with E-state index >= 15 is 0 Å². The Kier molecular flexibility index (Phi) is 7.59. The van der Waals surface area contributed by atoms with E-state index in [1.165, 1.54) is 23.1 Å². The SMILES string of the molecule is CCO/N=C(\C(=O)N[C@@H]1C(=O)N2C(C(=O)[O-])=C(C[n+]3cc4sccn4c3CNC(N)=O)CS[C@H]12)c1nsc(N)n1. The first kappa shape index (κ1) is 27.3. The molecule has 5 rings (SSSR count). The number of nitrogens with zero attached hydrogens (tertiary/aromatic N) is 6. The van der Waals surface area contributed by atoms with Crippen LogP contribution in [0.4, 0.5) is 9.93 Å². The van der Waals surface area contributed by atoms with Crippen molar-refractivity contribution >= 4 is 74.1 Å². The minimum atomic E-state index is -1.52. The quantitative estimate of drug-likeness (QED) is 0.0838. The van der Waals surface area contributed by atoms with Gasteiger partial charge >= 0.3 is 6.03 Å². The molecule has 0 spiro atoms. The summed E-state index contributed by atoms with van der Waals surface area (Å²) in [5.41, 5.74) is 10.8. The highest BCUT2D eigenvalue weighted by Crippen LogP contribution is 2.40. The number of rotatable bonds is 10. The zero-order valence-corrected chi connectivity index (χ0v) is 23.2. The van der Waals surface area contributed by atoms with Gasteiger partial charge in [-0.25, -0.2) is 9.36 Å². The fourth-order valence-corrected chi connectivity index (χ4v) is 6.85. The molecule has 3 aromatic heterocycles. The summed E-state index contributed by atoms with van der Waals surface area (Å²) in [7, 11) is 0. The Morgan fingerprint density at radius 3 is 2.85 bits per heavy atom. The predicted octanol–water partition coefficient (Wildman–Crippen LogP) is -2.26. The molecule has 40 heavy (non-hydrogen) atoms. The van der Waals surface area contributed by atoms with Crippen molar-refractivity contribution in [1.29, 1.82) is 0 Å². The molecular weight excluding hydrogens is 584 g/mol. The van der Waals surface area contributed by atoms with Gasteiger partial charge in [0.25, 0.3) is 17.6 Å². The number of aromatic nitrogens is 4. The molecule has 2 aliphatic heterocycles. The largest absolute Gasteiger partial charge is 0.543 e. The molecule has 3 aromatic rings. The molecule has 0 bridgehead atoms. The summed E-state index contributed by atoms with van der Waals surface area (Å²) < 4.78 is 7.61. The molecule has 1 fully saturated rings. The van der Waals surface area contributed by atoms with E-state index in [-0.39, 0.29) is 47.8 Å². The summed E-state index contributed by atoms with van der Waals surface area (Å²) in [4.78, 5) is 60.6. The average molecular weight is 607 g/mol. The molecule has 19 heteroatoms. The second kappa shape index (κ2) is 11.1. The number of carbonyl (C=O) groups is 4. The van der Waals surface area contributed by atoms with Gasteiger partial charge in [-0.15, -0.1) is 11.8 Å². The number of imidazole rings is 1. The van der Waals surface area contributed by atoms with E-state index in [1.54, 1.807) is 11.5 Å². The van der Waals surface area contributed by atoms with E-state index in [4.69, 9.17) is 16.3 Å². The second-order valence-corrected chi connectivity index (χ2v) is 11.2. The number of carbonyl (C=O) groups excluding carboxylic acids is 4. The maximum absolute atomic E-state index is 13.1. The number of anilines is 1. The van der Waals surface area contributed by atoms with Gasteiger partial charge < -0.3 is 36.8 Å². The third-order valence-corrected chi connectivity index (χ3v) is 8.66. The Morgan fingerprint density at radius 2 is 2.17 bits per heavy atom. The number of oxime groups is 1. The smallest absolute Gasteiger partial charge is 0.312 e. The maximum Gasteiger partial charge on any atom is 0.312 e. The van der Waals surface area contributed by atoms with Crippen LogP contribution in [-0.2, 0) is 32.3 Å². The molecule has 0 aromatic carbocycles. The van der Waals surface area contributed by atoms with Gasteiger partial charge in [0.1, 0.15) is 43.5 Å². The molecule has 2 aliphatic rings. The highest BCUT2D eigenvalue weighted by molar-refractivity contribution is 8.00. The second-order valence-electron chi connectivity index (χ2n) is 8.42. The van der Waals surface area contributed by atoms with Gasteiger partial charge in [0.05, 0.1) is 11.7 Å². The molecule has 0 aliphatic carbocycles.